The standard InChI is InChI=1S/C23H26N4O9S2/c1-34-12-10-25(11-13-35-2)38(32,33)18-7-4-16(5-8-18)22(29)24-23-26(15-21(28)36-3)19-9-6-17(27(30)31)14-20(19)37-23/h4-9,14H,10-13,15H2,1-3H3. The van der Waals surface area contributed by atoms with Gasteiger partial charge < -0.3 is 18.8 Å². The van der Waals surface area contributed by atoms with Gasteiger partial charge in [-0.05, 0) is 30.3 Å². The number of carbonyl (C=O) groups is 2. The number of rotatable bonds is 12. The Morgan fingerprint density at radius 3 is 2.24 bits per heavy atom. The van der Waals surface area contributed by atoms with Crippen molar-refractivity contribution in [1.82, 2.24) is 8.87 Å². The molecule has 1 aromatic heterocycles. The van der Waals surface area contributed by atoms with Gasteiger partial charge in [0.2, 0.25) is 10.0 Å². The van der Waals surface area contributed by atoms with Crippen LogP contribution in [0.15, 0.2) is 52.4 Å². The highest BCUT2D eigenvalue weighted by atomic mass is 32.2. The van der Waals surface area contributed by atoms with E-state index in [1.54, 1.807) is 0 Å². The monoisotopic (exact) mass is 566 g/mol. The molecule has 2 aromatic carbocycles. The fourth-order valence-electron chi connectivity index (χ4n) is 3.42. The summed E-state index contributed by atoms with van der Waals surface area (Å²) in [5, 5.41) is 11.2. The Kier molecular flexibility index (Phi) is 9.82. The summed E-state index contributed by atoms with van der Waals surface area (Å²) in [6, 6.07) is 9.38. The van der Waals surface area contributed by atoms with Crippen molar-refractivity contribution in [3.8, 4) is 0 Å². The Balaban J connectivity index is 1.97. The van der Waals surface area contributed by atoms with E-state index in [0.717, 1.165) is 11.3 Å². The lowest BCUT2D eigenvalue weighted by molar-refractivity contribution is -0.384. The number of nitro groups is 1. The first kappa shape index (κ1) is 29.1. The van der Waals surface area contributed by atoms with Crippen LogP contribution >= 0.6 is 11.3 Å². The minimum atomic E-state index is -3.88. The van der Waals surface area contributed by atoms with Gasteiger partial charge in [-0.1, -0.05) is 11.3 Å². The lowest BCUT2D eigenvalue weighted by Crippen LogP contribution is -2.36. The third-order valence-electron chi connectivity index (χ3n) is 5.42. The molecule has 0 radical (unpaired) electrons. The molecule has 1 heterocycles. The van der Waals surface area contributed by atoms with E-state index in [2.05, 4.69) is 4.99 Å². The molecule has 0 spiro atoms. The van der Waals surface area contributed by atoms with Gasteiger partial charge in [0.25, 0.3) is 11.6 Å². The third-order valence-corrected chi connectivity index (χ3v) is 8.37. The highest BCUT2D eigenvalue weighted by Crippen LogP contribution is 2.23. The fourth-order valence-corrected chi connectivity index (χ4v) is 5.88. The Bertz CT molecular complexity index is 1490. The maximum atomic E-state index is 13.1. The molecule has 0 aliphatic carbocycles. The van der Waals surface area contributed by atoms with E-state index >= 15 is 0 Å². The van der Waals surface area contributed by atoms with Crippen molar-refractivity contribution in [2.24, 2.45) is 4.99 Å². The molecule has 0 N–H and O–H groups in total. The molecule has 13 nitrogen and oxygen atoms in total. The molecule has 0 bridgehead atoms. The number of benzene rings is 2. The molecular formula is C23H26N4O9S2. The number of carbonyl (C=O) groups excluding carboxylic acids is 2. The average molecular weight is 567 g/mol. The van der Waals surface area contributed by atoms with Crippen LogP contribution < -0.4 is 4.80 Å². The molecule has 204 valence electrons. The van der Waals surface area contributed by atoms with E-state index in [-0.39, 0.29) is 53.8 Å². The van der Waals surface area contributed by atoms with Crippen molar-refractivity contribution in [2.45, 2.75) is 11.4 Å². The van der Waals surface area contributed by atoms with Gasteiger partial charge in [-0.15, -0.1) is 0 Å². The molecule has 0 atom stereocenters. The molecule has 0 aliphatic rings. The molecule has 0 aliphatic heterocycles. The Morgan fingerprint density at radius 2 is 1.68 bits per heavy atom. The van der Waals surface area contributed by atoms with Gasteiger partial charge in [-0.3, -0.25) is 19.7 Å². The number of nitro benzene ring substituents is 1. The second-order valence-electron chi connectivity index (χ2n) is 7.79. The molecule has 3 rings (SSSR count). The van der Waals surface area contributed by atoms with Crippen molar-refractivity contribution >= 4 is 49.1 Å². The van der Waals surface area contributed by atoms with Gasteiger partial charge in [0.05, 0.1) is 40.4 Å². The van der Waals surface area contributed by atoms with Crippen LogP contribution in [0.5, 0.6) is 0 Å². The predicted molar refractivity (Wildman–Crippen MR) is 137 cm³/mol. The van der Waals surface area contributed by atoms with Crippen LogP contribution in [-0.4, -0.2) is 81.7 Å². The molecule has 0 saturated heterocycles. The number of aromatic nitrogens is 1. The summed E-state index contributed by atoms with van der Waals surface area (Å²) in [6.07, 6.45) is 0. The number of methoxy groups -OCH3 is 3. The molecule has 1 amide bonds. The lowest BCUT2D eigenvalue weighted by Gasteiger charge is -2.21. The maximum Gasteiger partial charge on any atom is 0.325 e. The summed E-state index contributed by atoms with van der Waals surface area (Å²) in [5.74, 6) is -1.29. The Hall–Kier alpha value is -3.50. The molecule has 0 saturated carbocycles. The summed E-state index contributed by atoms with van der Waals surface area (Å²) in [6.45, 7) is 0.381. The zero-order valence-electron chi connectivity index (χ0n) is 20.9. The van der Waals surface area contributed by atoms with E-state index in [4.69, 9.17) is 14.2 Å². The largest absolute Gasteiger partial charge is 0.468 e. The van der Waals surface area contributed by atoms with Gasteiger partial charge in [0.15, 0.2) is 4.80 Å². The second kappa shape index (κ2) is 12.8. The van der Waals surface area contributed by atoms with Crippen molar-refractivity contribution < 1.29 is 37.1 Å². The number of amides is 1. The van der Waals surface area contributed by atoms with Gasteiger partial charge >= 0.3 is 5.97 Å². The number of thiazole rings is 1. The topological polar surface area (TPSA) is 160 Å². The first-order valence-corrected chi connectivity index (χ1v) is 13.4. The zero-order valence-corrected chi connectivity index (χ0v) is 22.5. The van der Waals surface area contributed by atoms with E-state index in [1.165, 1.54) is 72.7 Å². The number of esters is 1. The van der Waals surface area contributed by atoms with Crippen molar-refractivity contribution in [3.05, 3.63) is 62.9 Å². The first-order valence-electron chi connectivity index (χ1n) is 11.1. The van der Waals surface area contributed by atoms with Crippen LogP contribution in [0, 0.1) is 10.1 Å². The van der Waals surface area contributed by atoms with Gasteiger partial charge in [-0.25, -0.2) is 8.42 Å². The van der Waals surface area contributed by atoms with Crippen LogP contribution in [0.3, 0.4) is 0 Å². The predicted octanol–water partition coefficient (Wildman–Crippen LogP) is 1.81. The molecule has 0 fully saturated rings. The van der Waals surface area contributed by atoms with Gasteiger partial charge in [0.1, 0.15) is 6.54 Å². The lowest BCUT2D eigenvalue weighted by atomic mass is 10.2. The smallest absolute Gasteiger partial charge is 0.325 e. The molecule has 3 aromatic rings. The second-order valence-corrected chi connectivity index (χ2v) is 10.7. The molecule has 15 heteroatoms. The molecular weight excluding hydrogens is 540 g/mol. The van der Waals surface area contributed by atoms with Crippen molar-refractivity contribution in [1.29, 1.82) is 0 Å². The minimum Gasteiger partial charge on any atom is -0.468 e. The van der Waals surface area contributed by atoms with Crippen LogP contribution in [0.4, 0.5) is 5.69 Å². The number of hydrogen-bond donors (Lipinski definition) is 0. The van der Waals surface area contributed by atoms with Crippen LogP contribution in [0.25, 0.3) is 10.2 Å². The SMILES string of the molecule is COCCN(CCOC)S(=O)(=O)c1ccc(C(=O)N=c2sc3cc([N+](=O)[O-])ccc3n2CC(=O)OC)cc1. The van der Waals surface area contributed by atoms with Crippen LogP contribution in [-0.2, 0) is 35.6 Å². The number of fused-ring (bicyclic) bond motifs is 1. The Morgan fingerprint density at radius 1 is 1.05 bits per heavy atom. The quantitative estimate of drug-likeness (QED) is 0.181. The minimum absolute atomic E-state index is 0.0174. The highest BCUT2D eigenvalue weighted by molar-refractivity contribution is 7.89. The third kappa shape index (κ3) is 6.68. The summed E-state index contributed by atoms with van der Waals surface area (Å²) < 4.78 is 44.0. The fraction of sp³-hybridized carbons (Fsp3) is 0.348. The van der Waals surface area contributed by atoms with E-state index in [0.29, 0.717) is 10.2 Å². The molecule has 0 unspecified atom stereocenters. The van der Waals surface area contributed by atoms with Crippen LogP contribution in [0.2, 0.25) is 0 Å². The van der Waals surface area contributed by atoms with Gasteiger partial charge in [0, 0.05) is 45.0 Å². The molecule has 38 heavy (non-hydrogen) atoms. The Labute approximate surface area is 222 Å². The van der Waals surface area contributed by atoms with Gasteiger partial charge in [-0.2, -0.15) is 9.30 Å². The summed E-state index contributed by atoms with van der Waals surface area (Å²) in [7, 11) is 0.278. The summed E-state index contributed by atoms with van der Waals surface area (Å²) >= 11 is 0.994. The van der Waals surface area contributed by atoms with Crippen molar-refractivity contribution in [3.63, 3.8) is 0 Å². The number of nitrogens with zero attached hydrogens (tertiary/aromatic N) is 4. The van der Waals surface area contributed by atoms with E-state index in [1.807, 2.05) is 0 Å². The zero-order chi connectivity index (χ0) is 27.9. The average Bonchev–Trinajstić information content (AvgIpc) is 3.24. The highest BCUT2D eigenvalue weighted by Gasteiger charge is 2.24. The van der Waals surface area contributed by atoms with E-state index < -0.39 is 26.8 Å². The van der Waals surface area contributed by atoms with Crippen molar-refractivity contribution in [2.75, 3.05) is 47.6 Å². The van der Waals surface area contributed by atoms with E-state index in [9.17, 15) is 28.1 Å². The number of hydrogen-bond acceptors (Lipinski definition) is 10. The normalized spacial score (nSPS) is 12.3. The first-order chi connectivity index (χ1) is 18.1. The number of sulfonamides is 1. The number of ether oxygens (including phenoxy) is 3. The maximum absolute atomic E-state index is 13.1. The summed E-state index contributed by atoms with van der Waals surface area (Å²) in [4.78, 5) is 39.8. The number of non-ortho nitro benzene ring substituents is 1. The summed E-state index contributed by atoms with van der Waals surface area (Å²) in [5.41, 5.74) is 0.423. The van der Waals surface area contributed by atoms with Crippen LogP contribution in [0.1, 0.15) is 10.4 Å².